The molecule has 1 fully saturated rings. The molecular formula is C20H19F3N5O2. The molecule has 2 aliphatic heterocycles. The first-order valence-electron chi connectivity index (χ1n) is 9.36. The van der Waals surface area contributed by atoms with Gasteiger partial charge in [-0.05, 0) is 42.0 Å². The van der Waals surface area contributed by atoms with E-state index in [0.29, 0.717) is 24.5 Å². The predicted molar refractivity (Wildman–Crippen MR) is 107 cm³/mol. The van der Waals surface area contributed by atoms with Crippen LogP contribution in [0.5, 0.6) is 0 Å². The summed E-state index contributed by atoms with van der Waals surface area (Å²) >= 11 is 0. The Kier molecular flexibility index (Phi) is 5.49. The largest absolute Gasteiger partial charge is 0.405 e. The van der Waals surface area contributed by atoms with Crippen LogP contribution in [-0.4, -0.2) is 49.9 Å². The SMILES string of the molecule is O=C1[N]C=Cc2cc(NCC(F)(F)F)nc(Nc3ccc(N4CCOCC4)cc3)c21. The van der Waals surface area contributed by atoms with E-state index in [0.717, 1.165) is 18.8 Å². The van der Waals surface area contributed by atoms with Gasteiger partial charge in [0.15, 0.2) is 0 Å². The van der Waals surface area contributed by atoms with Gasteiger partial charge in [-0.25, -0.2) is 10.3 Å². The van der Waals surface area contributed by atoms with Gasteiger partial charge in [0.25, 0.3) is 5.91 Å². The van der Waals surface area contributed by atoms with Gasteiger partial charge in [0.2, 0.25) is 0 Å². The summed E-state index contributed by atoms with van der Waals surface area (Å²) < 4.78 is 43.1. The number of carbonyl (C=O) groups is 1. The van der Waals surface area contributed by atoms with Crippen LogP contribution in [-0.2, 0) is 4.74 Å². The van der Waals surface area contributed by atoms with Gasteiger partial charge >= 0.3 is 6.18 Å². The summed E-state index contributed by atoms with van der Waals surface area (Å²) in [6.45, 7) is 1.72. The van der Waals surface area contributed by atoms with Crippen molar-refractivity contribution < 1.29 is 22.7 Å². The van der Waals surface area contributed by atoms with Gasteiger partial charge in [0, 0.05) is 30.7 Å². The Morgan fingerprint density at radius 3 is 2.57 bits per heavy atom. The van der Waals surface area contributed by atoms with Crippen LogP contribution < -0.4 is 20.9 Å². The number of nitrogens with zero attached hydrogens (tertiary/aromatic N) is 3. The third kappa shape index (κ3) is 4.65. The number of alkyl halides is 3. The number of carbonyl (C=O) groups excluding carboxylic acids is 1. The molecule has 10 heteroatoms. The zero-order valence-electron chi connectivity index (χ0n) is 15.9. The Bertz CT molecular complexity index is 954. The lowest BCUT2D eigenvalue weighted by Gasteiger charge is -2.29. The Balaban J connectivity index is 1.59. The summed E-state index contributed by atoms with van der Waals surface area (Å²) in [7, 11) is 0. The molecule has 1 amide bonds. The second-order valence-electron chi connectivity index (χ2n) is 6.81. The van der Waals surface area contributed by atoms with Crippen LogP contribution in [0.25, 0.3) is 6.08 Å². The predicted octanol–water partition coefficient (Wildman–Crippen LogP) is 3.36. The number of nitrogens with one attached hydrogen (secondary N) is 2. The van der Waals surface area contributed by atoms with E-state index >= 15 is 0 Å². The first-order chi connectivity index (χ1) is 14.4. The molecule has 1 aromatic heterocycles. The molecule has 2 aromatic rings. The summed E-state index contributed by atoms with van der Waals surface area (Å²) in [5.74, 6) is -0.345. The molecule has 0 unspecified atom stereocenters. The van der Waals surface area contributed by atoms with E-state index in [2.05, 4.69) is 25.8 Å². The molecule has 7 nitrogen and oxygen atoms in total. The van der Waals surface area contributed by atoms with E-state index in [1.54, 1.807) is 6.08 Å². The van der Waals surface area contributed by atoms with Gasteiger partial charge in [-0.3, -0.25) is 4.79 Å². The molecule has 30 heavy (non-hydrogen) atoms. The van der Waals surface area contributed by atoms with Crippen LogP contribution in [0.4, 0.5) is 36.2 Å². The van der Waals surface area contributed by atoms with Gasteiger partial charge in [-0.15, -0.1) is 0 Å². The number of rotatable bonds is 5. The highest BCUT2D eigenvalue weighted by atomic mass is 19.4. The van der Waals surface area contributed by atoms with Crippen LogP contribution in [0.15, 0.2) is 36.5 Å². The van der Waals surface area contributed by atoms with Gasteiger partial charge in [-0.2, -0.15) is 13.2 Å². The number of hydrogen-bond donors (Lipinski definition) is 2. The highest BCUT2D eigenvalue weighted by molar-refractivity contribution is 6.05. The number of aromatic nitrogens is 1. The number of amides is 1. The number of morpholine rings is 1. The molecule has 1 aromatic carbocycles. The van der Waals surface area contributed by atoms with E-state index in [9.17, 15) is 18.0 Å². The van der Waals surface area contributed by atoms with Gasteiger partial charge in [-0.1, -0.05) is 0 Å². The molecule has 2 N–H and O–H groups in total. The molecule has 0 spiro atoms. The molecule has 0 aliphatic carbocycles. The number of benzene rings is 1. The zero-order valence-corrected chi connectivity index (χ0v) is 15.9. The van der Waals surface area contributed by atoms with Crippen molar-refractivity contribution in [2.45, 2.75) is 6.18 Å². The standard InChI is InChI=1S/C20H19F3N5O2/c21-20(22,23)12-25-16-11-13-5-6-24-19(29)17(13)18(27-16)26-14-1-3-15(4-2-14)28-7-9-30-10-8-28/h1-6,11H,7-10,12H2,(H2,25,26,27). The van der Waals surface area contributed by atoms with Crippen LogP contribution in [0.1, 0.15) is 15.9 Å². The van der Waals surface area contributed by atoms with Crippen molar-refractivity contribution in [3.8, 4) is 0 Å². The summed E-state index contributed by atoms with van der Waals surface area (Å²) in [4.78, 5) is 18.6. The number of fused-ring (bicyclic) bond motifs is 1. The van der Waals surface area contributed by atoms with Crippen molar-refractivity contribution >= 4 is 35.0 Å². The smallest absolute Gasteiger partial charge is 0.378 e. The fourth-order valence-electron chi connectivity index (χ4n) is 3.26. The van der Waals surface area contributed by atoms with Crippen molar-refractivity contribution in [1.82, 2.24) is 10.3 Å². The van der Waals surface area contributed by atoms with Crippen molar-refractivity contribution in [3.05, 3.63) is 47.7 Å². The number of ether oxygens (including phenoxy) is 1. The third-order valence-corrected chi connectivity index (χ3v) is 4.69. The fraction of sp³-hybridized carbons (Fsp3) is 0.300. The maximum Gasteiger partial charge on any atom is 0.405 e. The molecule has 157 valence electrons. The second kappa shape index (κ2) is 8.23. The van der Waals surface area contributed by atoms with Gasteiger partial charge < -0.3 is 20.3 Å². The van der Waals surface area contributed by atoms with Gasteiger partial charge in [0.1, 0.15) is 18.2 Å². The minimum atomic E-state index is -4.39. The Morgan fingerprint density at radius 2 is 1.87 bits per heavy atom. The number of halogens is 3. The van der Waals surface area contributed by atoms with E-state index in [1.165, 1.54) is 12.3 Å². The summed E-state index contributed by atoms with van der Waals surface area (Å²) in [6, 6.07) is 8.91. The monoisotopic (exact) mass is 418 g/mol. The molecule has 0 saturated carbocycles. The lowest BCUT2D eigenvalue weighted by Crippen LogP contribution is -2.36. The number of hydrogen-bond acceptors (Lipinski definition) is 6. The highest BCUT2D eigenvalue weighted by Gasteiger charge is 2.28. The van der Waals surface area contributed by atoms with Crippen LogP contribution in [0, 0.1) is 0 Å². The topological polar surface area (TPSA) is 80.6 Å². The summed E-state index contributed by atoms with van der Waals surface area (Å²) in [6.07, 6.45) is -1.51. The van der Waals surface area contributed by atoms with E-state index < -0.39 is 18.6 Å². The normalized spacial score (nSPS) is 16.1. The molecule has 4 rings (SSSR count). The molecule has 3 heterocycles. The molecule has 0 bridgehead atoms. The average molecular weight is 418 g/mol. The highest BCUT2D eigenvalue weighted by Crippen LogP contribution is 2.29. The molecule has 0 atom stereocenters. The Hall–Kier alpha value is -3.27. The van der Waals surface area contributed by atoms with Gasteiger partial charge in [0.05, 0.1) is 18.8 Å². The average Bonchev–Trinajstić information content (AvgIpc) is 2.73. The Labute approximate surface area is 170 Å². The summed E-state index contributed by atoms with van der Waals surface area (Å²) in [5, 5.41) is 9.04. The van der Waals surface area contributed by atoms with Crippen molar-refractivity contribution in [2.24, 2.45) is 0 Å². The lowest BCUT2D eigenvalue weighted by molar-refractivity contribution is -0.115. The van der Waals surface area contributed by atoms with E-state index in [1.807, 2.05) is 24.3 Å². The first-order valence-corrected chi connectivity index (χ1v) is 9.36. The van der Waals surface area contributed by atoms with Crippen LogP contribution in [0.3, 0.4) is 0 Å². The fourth-order valence-corrected chi connectivity index (χ4v) is 3.26. The lowest BCUT2D eigenvalue weighted by atomic mass is 10.1. The van der Waals surface area contributed by atoms with Crippen molar-refractivity contribution in [3.63, 3.8) is 0 Å². The molecule has 2 aliphatic rings. The second-order valence-corrected chi connectivity index (χ2v) is 6.81. The van der Waals surface area contributed by atoms with Crippen molar-refractivity contribution in [2.75, 3.05) is 48.4 Å². The van der Waals surface area contributed by atoms with Crippen LogP contribution >= 0.6 is 0 Å². The van der Waals surface area contributed by atoms with Crippen LogP contribution in [0.2, 0.25) is 0 Å². The maximum atomic E-state index is 12.6. The third-order valence-electron chi connectivity index (χ3n) is 4.69. The quantitative estimate of drug-likeness (QED) is 0.775. The van der Waals surface area contributed by atoms with Crippen molar-refractivity contribution in [1.29, 1.82) is 0 Å². The van der Waals surface area contributed by atoms with E-state index in [4.69, 9.17) is 4.74 Å². The first kappa shape index (κ1) is 20.0. The van der Waals surface area contributed by atoms with E-state index in [-0.39, 0.29) is 17.2 Å². The minimum absolute atomic E-state index is 0.0119. The maximum absolute atomic E-state index is 12.6. The molecule has 1 radical (unpaired) electrons. The molecule has 1 saturated heterocycles. The number of anilines is 4. The Morgan fingerprint density at radius 1 is 1.13 bits per heavy atom. The zero-order chi connectivity index (χ0) is 21.1. The minimum Gasteiger partial charge on any atom is -0.378 e. The summed E-state index contributed by atoms with van der Waals surface area (Å²) in [5.41, 5.74) is 2.35. The number of pyridine rings is 1. The molecular weight excluding hydrogens is 399 g/mol.